The molecule has 0 amide bonds. The number of ether oxygens (including phenoxy) is 2. The molecule has 108 valence electrons. The van der Waals surface area contributed by atoms with Crippen LogP contribution in [0.3, 0.4) is 0 Å². The maximum Gasteiger partial charge on any atom is 0.313 e. The molecular formula is C14H14Cl2O4. The molecule has 0 radical (unpaired) electrons. The Labute approximate surface area is 127 Å². The first kappa shape index (κ1) is 16.5. The minimum Gasteiger partial charge on any atom is -0.461 e. The number of carbonyl (C=O) groups is 2. The summed E-state index contributed by atoms with van der Waals surface area (Å²) >= 11 is 11.8. The fourth-order valence-corrected chi connectivity index (χ4v) is 1.61. The molecular weight excluding hydrogens is 303 g/mol. The third kappa shape index (κ3) is 5.63. The molecule has 1 aromatic carbocycles. The van der Waals surface area contributed by atoms with Crippen LogP contribution in [-0.2, 0) is 14.3 Å². The lowest BCUT2D eigenvalue weighted by molar-refractivity contribution is -0.144. The summed E-state index contributed by atoms with van der Waals surface area (Å²) < 4.78 is 10.3. The summed E-state index contributed by atoms with van der Waals surface area (Å²) in [5, 5.41) is 0.709. The van der Waals surface area contributed by atoms with E-state index >= 15 is 0 Å². The van der Waals surface area contributed by atoms with Crippen molar-refractivity contribution in [2.75, 3.05) is 6.61 Å². The first-order chi connectivity index (χ1) is 9.40. The Morgan fingerprint density at radius 2 is 1.95 bits per heavy atom. The molecule has 4 nitrogen and oxygen atoms in total. The summed E-state index contributed by atoms with van der Waals surface area (Å²) in [6.45, 7) is 3.04. The van der Waals surface area contributed by atoms with Crippen molar-refractivity contribution in [3.63, 3.8) is 0 Å². The van der Waals surface area contributed by atoms with Gasteiger partial charge in [0.2, 0.25) is 0 Å². The van der Waals surface area contributed by atoms with E-state index in [2.05, 4.69) is 0 Å². The Hall–Kier alpha value is -1.52. The van der Waals surface area contributed by atoms with Gasteiger partial charge < -0.3 is 9.47 Å². The van der Waals surface area contributed by atoms with Gasteiger partial charge in [0.1, 0.15) is 35.3 Å². The first-order valence-corrected chi connectivity index (χ1v) is 6.59. The second-order valence-corrected chi connectivity index (χ2v) is 4.82. The number of Topliss-reactive ketones (excluding diaryl/α,β-unsaturated/α-hetero) is 1. The van der Waals surface area contributed by atoms with Gasteiger partial charge in [0.25, 0.3) is 0 Å². The molecule has 1 rings (SSSR count). The van der Waals surface area contributed by atoms with Gasteiger partial charge in [-0.3, -0.25) is 9.59 Å². The minimum absolute atomic E-state index is 0.0239. The predicted octanol–water partition coefficient (Wildman–Crippen LogP) is 3.80. The van der Waals surface area contributed by atoms with Gasteiger partial charge in [-0.05, 0) is 32.1 Å². The van der Waals surface area contributed by atoms with E-state index in [-0.39, 0.29) is 18.8 Å². The van der Waals surface area contributed by atoms with E-state index in [4.69, 9.17) is 32.7 Å². The number of allylic oxidation sites excluding steroid dienone is 1. The zero-order chi connectivity index (χ0) is 15.1. The number of benzene rings is 1. The largest absolute Gasteiger partial charge is 0.461 e. The Kier molecular flexibility index (Phi) is 6.55. The minimum atomic E-state index is -0.567. The number of esters is 1. The molecule has 20 heavy (non-hydrogen) atoms. The fourth-order valence-electron chi connectivity index (χ4n) is 1.28. The van der Waals surface area contributed by atoms with Crippen LogP contribution in [0.4, 0.5) is 0 Å². The van der Waals surface area contributed by atoms with E-state index in [1.54, 1.807) is 31.2 Å². The van der Waals surface area contributed by atoms with Crippen molar-refractivity contribution >= 4 is 35.0 Å². The highest BCUT2D eigenvalue weighted by Gasteiger charge is 2.07. The van der Waals surface area contributed by atoms with Gasteiger partial charge in [-0.25, -0.2) is 0 Å². The molecule has 0 unspecified atom stereocenters. The summed E-state index contributed by atoms with van der Waals surface area (Å²) in [6.07, 6.45) is 1.34. The van der Waals surface area contributed by atoms with Crippen molar-refractivity contribution in [3.8, 4) is 5.75 Å². The molecule has 0 aliphatic carbocycles. The quantitative estimate of drug-likeness (QED) is 0.455. The maximum atomic E-state index is 11.1. The van der Waals surface area contributed by atoms with E-state index < -0.39 is 5.97 Å². The standard InChI is InChI=1S/C14H14Cl2O4/c1-9(17)8-13(18)19-7-6-10(2)20-12-5-3-4-11(15)14(12)16/h3-6H,7-8H2,1-2H3. The summed E-state index contributed by atoms with van der Waals surface area (Å²) in [4.78, 5) is 21.8. The lowest BCUT2D eigenvalue weighted by atomic mass is 10.3. The van der Waals surface area contributed by atoms with E-state index in [1.807, 2.05) is 0 Å². The lowest BCUT2D eigenvalue weighted by Crippen LogP contribution is -2.09. The maximum absolute atomic E-state index is 11.1. The summed E-state index contributed by atoms with van der Waals surface area (Å²) in [5.74, 6) is 0.118. The predicted molar refractivity (Wildman–Crippen MR) is 77.1 cm³/mol. The number of rotatable bonds is 6. The van der Waals surface area contributed by atoms with E-state index in [0.717, 1.165) is 0 Å². The summed E-state index contributed by atoms with van der Waals surface area (Å²) in [7, 11) is 0. The van der Waals surface area contributed by atoms with Crippen LogP contribution in [0.25, 0.3) is 0 Å². The molecule has 0 spiro atoms. The fraction of sp³-hybridized carbons (Fsp3) is 0.286. The zero-order valence-electron chi connectivity index (χ0n) is 11.1. The van der Waals surface area contributed by atoms with Gasteiger partial charge in [0, 0.05) is 0 Å². The average molecular weight is 317 g/mol. The van der Waals surface area contributed by atoms with Crippen molar-refractivity contribution in [2.45, 2.75) is 20.3 Å². The van der Waals surface area contributed by atoms with Gasteiger partial charge in [0.05, 0.1) is 5.02 Å². The lowest BCUT2D eigenvalue weighted by Gasteiger charge is -2.08. The monoisotopic (exact) mass is 316 g/mol. The molecule has 0 aliphatic heterocycles. The van der Waals surface area contributed by atoms with Crippen LogP contribution >= 0.6 is 23.2 Å². The number of hydrogen-bond acceptors (Lipinski definition) is 4. The third-order valence-electron chi connectivity index (χ3n) is 2.20. The normalized spacial score (nSPS) is 11.1. The van der Waals surface area contributed by atoms with E-state index in [0.29, 0.717) is 21.6 Å². The van der Waals surface area contributed by atoms with Crippen LogP contribution in [0.2, 0.25) is 10.0 Å². The average Bonchev–Trinajstić information content (AvgIpc) is 2.34. The second-order valence-electron chi connectivity index (χ2n) is 4.03. The molecule has 0 N–H and O–H groups in total. The number of halogens is 2. The van der Waals surface area contributed by atoms with Crippen molar-refractivity contribution in [1.82, 2.24) is 0 Å². The number of ketones is 1. The Morgan fingerprint density at radius 1 is 1.25 bits per heavy atom. The highest BCUT2D eigenvalue weighted by atomic mass is 35.5. The molecule has 0 atom stereocenters. The van der Waals surface area contributed by atoms with Crippen LogP contribution in [0.15, 0.2) is 30.0 Å². The molecule has 1 aromatic rings. The van der Waals surface area contributed by atoms with Crippen molar-refractivity contribution < 1.29 is 19.1 Å². The van der Waals surface area contributed by atoms with Crippen LogP contribution in [0, 0.1) is 0 Å². The Bertz CT molecular complexity index is 538. The van der Waals surface area contributed by atoms with Gasteiger partial charge >= 0.3 is 5.97 Å². The molecule has 0 saturated heterocycles. The van der Waals surface area contributed by atoms with Crippen LogP contribution in [0.5, 0.6) is 5.75 Å². The van der Waals surface area contributed by atoms with Crippen LogP contribution in [-0.4, -0.2) is 18.4 Å². The topological polar surface area (TPSA) is 52.6 Å². The SMILES string of the molecule is CC(=O)CC(=O)OCC=C(C)Oc1cccc(Cl)c1Cl. The van der Waals surface area contributed by atoms with Crippen LogP contribution < -0.4 is 4.74 Å². The van der Waals surface area contributed by atoms with E-state index in [1.165, 1.54) is 6.92 Å². The van der Waals surface area contributed by atoms with Gasteiger partial charge in [-0.2, -0.15) is 0 Å². The second kappa shape index (κ2) is 7.92. The smallest absolute Gasteiger partial charge is 0.313 e. The van der Waals surface area contributed by atoms with Crippen molar-refractivity contribution in [2.24, 2.45) is 0 Å². The Balaban J connectivity index is 2.52. The molecule has 0 heterocycles. The highest BCUT2D eigenvalue weighted by molar-refractivity contribution is 6.42. The van der Waals surface area contributed by atoms with Gasteiger partial charge in [-0.1, -0.05) is 29.3 Å². The Morgan fingerprint density at radius 3 is 2.60 bits per heavy atom. The molecule has 0 aliphatic rings. The first-order valence-electron chi connectivity index (χ1n) is 5.84. The summed E-state index contributed by atoms with van der Waals surface area (Å²) in [5.41, 5.74) is 0. The zero-order valence-corrected chi connectivity index (χ0v) is 12.6. The number of carbonyl (C=O) groups excluding carboxylic acids is 2. The van der Waals surface area contributed by atoms with Crippen molar-refractivity contribution in [1.29, 1.82) is 0 Å². The highest BCUT2D eigenvalue weighted by Crippen LogP contribution is 2.32. The van der Waals surface area contributed by atoms with Crippen LogP contribution in [0.1, 0.15) is 20.3 Å². The van der Waals surface area contributed by atoms with Gasteiger partial charge in [0.15, 0.2) is 0 Å². The van der Waals surface area contributed by atoms with Gasteiger partial charge in [-0.15, -0.1) is 0 Å². The molecule has 0 fully saturated rings. The summed E-state index contributed by atoms with van der Waals surface area (Å²) in [6, 6.07) is 5.04. The molecule has 6 heteroatoms. The molecule has 0 aromatic heterocycles. The van der Waals surface area contributed by atoms with E-state index in [9.17, 15) is 9.59 Å². The number of hydrogen-bond donors (Lipinski definition) is 0. The third-order valence-corrected chi connectivity index (χ3v) is 3.00. The molecule has 0 bridgehead atoms. The van der Waals surface area contributed by atoms with Crippen molar-refractivity contribution in [3.05, 3.63) is 40.1 Å². The molecule has 0 saturated carbocycles.